The van der Waals surface area contributed by atoms with Crippen molar-refractivity contribution in [2.75, 3.05) is 17.0 Å². The van der Waals surface area contributed by atoms with Gasteiger partial charge in [0.05, 0.1) is 11.4 Å². The molecule has 1 aliphatic heterocycles. The van der Waals surface area contributed by atoms with Gasteiger partial charge >= 0.3 is 0 Å². The summed E-state index contributed by atoms with van der Waals surface area (Å²) in [4.78, 5) is 13.6. The monoisotopic (exact) mass is 397 g/mol. The first-order valence-electron chi connectivity index (χ1n) is 10.1. The number of sulfonamides is 1. The summed E-state index contributed by atoms with van der Waals surface area (Å²) in [7, 11) is -3.54. The smallest absolute Gasteiger partial charge is 0.241 e. The van der Waals surface area contributed by atoms with Crippen molar-refractivity contribution in [1.82, 2.24) is 10.1 Å². The van der Waals surface area contributed by atoms with Crippen LogP contribution in [0.25, 0.3) is 0 Å². The molecule has 1 amide bonds. The number of rotatable bonds is 6. The van der Waals surface area contributed by atoms with Crippen molar-refractivity contribution in [2.45, 2.75) is 83.6 Å². The van der Waals surface area contributed by atoms with Crippen LogP contribution in [0.3, 0.4) is 0 Å². The lowest BCUT2D eigenvalue weighted by molar-refractivity contribution is -0.132. The van der Waals surface area contributed by atoms with Gasteiger partial charge in [-0.2, -0.15) is 0 Å². The number of hydrogen-bond acceptors (Lipinski definition) is 5. The summed E-state index contributed by atoms with van der Waals surface area (Å²) in [6.07, 6.45) is 9.13. The zero-order valence-electron chi connectivity index (χ0n) is 16.4. The van der Waals surface area contributed by atoms with Crippen LogP contribution in [-0.2, 0) is 14.8 Å². The molecule has 1 aromatic rings. The Bertz CT molecular complexity index is 753. The van der Waals surface area contributed by atoms with Gasteiger partial charge in [-0.05, 0) is 45.4 Å². The third-order valence-electron chi connectivity index (χ3n) is 5.95. The lowest BCUT2D eigenvalue weighted by atomic mass is 9.86. The van der Waals surface area contributed by atoms with Gasteiger partial charge in [-0.1, -0.05) is 24.4 Å². The molecule has 2 aliphatic rings. The average molecular weight is 398 g/mol. The molecule has 27 heavy (non-hydrogen) atoms. The summed E-state index contributed by atoms with van der Waals surface area (Å²) in [5.74, 6) is 0.600. The summed E-state index contributed by atoms with van der Waals surface area (Å²) >= 11 is 0. The molecule has 1 N–H and O–H groups in total. The lowest BCUT2D eigenvalue weighted by Crippen LogP contribution is -2.43. The third-order valence-corrected chi connectivity index (χ3v) is 7.22. The Balaban J connectivity index is 1.61. The Kier molecular flexibility index (Phi) is 6.44. The van der Waals surface area contributed by atoms with Gasteiger partial charge in [0.2, 0.25) is 21.8 Å². The topological polar surface area (TPSA) is 92.5 Å². The van der Waals surface area contributed by atoms with E-state index in [0.29, 0.717) is 12.3 Å². The number of piperidine rings is 1. The van der Waals surface area contributed by atoms with Gasteiger partial charge in [0.1, 0.15) is 0 Å². The van der Waals surface area contributed by atoms with Crippen LogP contribution in [0.2, 0.25) is 0 Å². The molecule has 1 saturated heterocycles. The fraction of sp³-hybridized carbons (Fsp3) is 0.789. The molecule has 1 unspecified atom stereocenters. The molecule has 3 rings (SSSR count). The first-order chi connectivity index (χ1) is 12.9. The van der Waals surface area contributed by atoms with Gasteiger partial charge in [0.15, 0.2) is 0 Å². The molecule has 0 radical (unpaired) electrons. The van der Waals surface area contributed by atoms with Gasteiger partial charge in [0.25, 0.3) is 0 Å². The molecular formula is C19H31N3O4S. The number of nitrogens with one attached hydrogen (secondary N) is 1. The van der Waals surface area contributed by atoms with E-state index in [-0.39, 0.29) is 23.6 Å². The summed E-state index contributed by atoms with van der Waals surface area (Å²) in [5.41, 5.74) is 1.69. The number of aromatic nitrogens is 1. The van der Waals surface area contributed by atoms with Crippen molar-refractivity contribution in [2.24, 2.45) is 0 Å². The maximum absolute atomic E-state index is 12.6. The first-order valence-corrected chi connectivity index (χ1v) is 11.8. The maximum atomic E-state index is 12.6. The molecule has 0 bridgehead atoms. The summed E-state index contributed by atoms with van der Waals surface area (Å²) in [5, 5.41) is 4.15. The highest BCUT2D eigenvalue weighted by molar-refractivity contribution is 7.92. The van der Waals surface area contributed by atoms with E-state index in [2.05, 4.69) is 9.88 Å². The van der Waals surface area contributed by atoms with Crippen molar-refractivity contribution < 1.29 is 17.7 Å². The van der Waals surface area contributed by atoms with Crippen LogP contribution in [0.1, 0.15) is 81.9 Å². The van der Waals surface area contributed by atoms with E-state index in [0.717, 1.165) is 49.9 Å². The van der Waals surface area contributed by atoms with Gasteiger partial charge in [-0.25, -0.2) is 8.42 Å². The highest BCUT2D eigenvalue weighted by atomic mass is 32.2. The summed E-state index contributed by atoms with van der Waals surface area (Å²) in [6.45, 7) is 4.14. The van der Waals surface area contributed by atoms with E-state index in [1.54, 1.807) is 11.8 Å². The Morgan fingerprint density at radius 2 is 1.89 bits per heavy atom. The van der Waals surface area contributed by atoms with E-state index >= 15 is 0 Å². The number of carbonyl (C=O) groups excluding carboxylic acids is 1. The molecule has 8 heteroatoms. The molecule has 1 aliphatic carbocycles. The molecular weight excluding hydrogens is 366 g/mol. The quantitative estimate of drug-likeness (QED) is 0.792. The average Bonchev–Trinajstić information content (AvgIpc) is 3.01. The zero-order valence-corrected chi connectivity index (χ0v) is 17.2. The first kappa shape index (κ1) is 20.2. The minimum atomic E-state index is -3.54. The van der Waals surface area contributed by atoms with E-state index in [1.807, 2.05) is 6.92 Å². The minimum Gasteiger partial charge on any atom is -0.340 e. The Morgan fingerprint density at radius 3 is 2.59 bits per heavy atom. The van der Waals surface area contributed by atoms with Crippen LogP contribution in [0.4, 0.5) is 5.88 Å². The second-order valence-corrected chi connectivity index (χ2v) is 9.77. The van der Waals surface area contributed by atoms with Crippen LogP contribution in [0, 0.1) is 6.92 Å². The lowest BCUT2D eigenvalue weighted by Gasteiger charge is -2.35. The fourth-order valence-electron chi connectivity index (χ4n) is 4.40. The van der Waals surface area contributed by atoms with Crippen LogP contribution >= 0.6 is 0 Å². The summed E-state index contributed by atoms with van der Waals surface area (Å²) < 4.78 is 33.0. The maximum Gasteiger partial charge on any atom is 0.241 e. The molecule has 7 nitrogen and oxygen atoms in total. The fourth-order valence-corrected chi connectivity index (χ4v) is 5.56. The van der Waals surface area contributed by atoms with Crippen LogP contribution in [-0.4, -0.2) is 42.7 Å². The standard InChI is InChI=1S/C19H31N3O4S/c1-14-18(16-8-4-3-5-9-16)20-26-19(14)21-27(24,25)13-11-17-10-6-7-12-22(17)15(2)23/h16-17,21H,3-13H2,1-2H3. The van der Waals surface area contributed by atoms with Gasteiger partial charge < -0.3 is 9.42 Å². The zero-order chi connectivity index (χ0) is 19.4. The Morgan fingerprint density at radius 1 is 1.19 bits per heavy atom. The summed E-state index contributed by atoms with van der Waals surface area (Å²) in [6, 6.07) is 0.00134. The number of likely N-dealkylation sites (tertiary alicyclic amines) is 1. The molecule has 2 heterocycles. The number of nitrogens with zero attached hydrogens (tertiary/aromatic N) is 2. The van der Waals surface area contributed by atoms with Crippen molar-refractivity contribution in [3.63, 3.8) is 0 Å². The van der Waals surface area contributed by atoms with E-state index in [1.165, 1.54) is 19.3 Å². The van der Waals surface area contributed by atoms with Gasteiger partial charge in [0, 0.05) is 31.0 Å². The van der Waals surface area contributed by atoms with Crippen molar-refractivity contribution >= 4 is 21.8 Å². The third kappa shape index (κ3) is 5.03. The molecule has 1 aromatic heterocycles. The number of hydrogen-bond donors (Lipinski definition) is 1. The van der Waals surface area contributed by atoms with E-state index in [4.69, 9.17) is 4.52 Å². The SMILES string of the molecule is CC(=O)N1CCCCC1CCS(=O)(=O)Nc1onc(C2CCCCC2)c1C. The Labute approximate surface area is 161 Å². The number of carbonyl (C=O) groups is 1. The predicted molar refractivity (Wildman–Crippen MR) is 104 cm³/mol. The highest BCUT2D eigenvalue weighted by Gasteiger charge is 2.28. The van der Waals surface area contributed by atoms with E-state index < -0.39 is 10.0 Å². The second-order valence-electron chi connectivity index (χ2n) is 7.93. The van der Waals surface area contributed by atoms with Gasteiger partial charge in [-0.15, -0.1) is 0 Å². The van der Waals surface area contributed by atoms with Crippen LogP contribution < -0.4 is 4.72 Å². The highest BCUT2D eigenvalue weighted by Crippen LogP contribution is 2.36. The molecule has 1 saturated carbocycles. The molecule has 0 aromatic carbocycles. The molecule has 152 valence electrons. The van der Waals surface area contributed by atoms with E-state index in [9.17, 15) is 13.2 Å². The second kappa shape index (κ2) is 8.63. The van der Waals surface area contributed by atoms with Crippen molar-refractivity contribution in [3.05, 3.63) is 11.3 Å². The van der Waals surface area contributed by atoms with Crippen LogP contribution in [0.15, 0.2) is 4.52 Å². The van der Waals surface area contributed by atoms with Crippen LogP contribution in [0.5, 0.6) is 0 Å². The van der Waals surface area contributed by atoms with Crippen molar-refractivity contribution in [3.8, 4) is 0 Å². The molecule has 2 fully saturated rings. The minimum absolute atomic E-state index is 0.00134. The number of amides is 1. The van der Waals surface area contributed by atoms with Crippen molar-refractivity contribution in [1.29, 1.82) is 0 Å². The number of anilines is 1. The Hall–Kier alpha value is -1.57. The normalized spacial score (nSPS) is 22.0. The molecule has 1 atom stereocenters. The molecule has 0 spiro atoms. The largest absolute Gasteiger partial charge is 0.340 e. The van der Waals surface area contributed by atoms with Gasteiger partial charge in [-0.3, -0.25) is 9.52 Å². The predicted octanol–water partition coefficient (Wildman–Crippen LogP) is 3.56.